The summed E-state index contributed by atoms with van der Waals surface area (Å²) in [5, 5.41) is 4.20. The summed E-state index contributed by atoms with van der Waals surface area (Å²) in [5.41, 5.74) is 6.23. The predicted molar refractivity (Wildman–Crippen MR) is 66.6 cm³/mol. The maximum absolute atomic E-state index is 11.8. The summed E-state index contributed by atoms with van der Waals surface area (Å²) in [6.45, 7) is 0. The lowest BCUT2D eigenvalue weighted by atomic mass is 10.2. The highest BCUT2D eigenvalue weighted by Gasteiger charge is 2.13. The summed E-state index contributed by atoms with van der Waals surface area (Å²) < 4.78 is 0.848. The number of hydrogen-bond acceptors (Lipinski definition) is 5. The molecule has 0 fully saturated rings. The zero-order valence-corrected chi connectivity index (χ0v) is 10.8. The summed E-state index contributed by atoms with van der Waals surface area (Å²) in [5.74, 6) is 0.0715. The Bertz CT molecular complexity index is 492. The molecule has 0 spiro atoms. The normalized spacial score (nSPS) is 10.5. The van der Waals surface area contributed by atoms with Crippen LogP contribution in [0.5, 0.6) is 0 Å². The fourth-order valence-corrected chi connectivity index (χ4v) is 3.24. The Morgan fingerprint density at radius 3 is 2.87 bits per heavy atom. The molecule has 0 aliphatic heterocycles. The van der Waals surface area contributed by atoms with Gasteiger partial charge in [-0.3, -0.25) is 4.79 Å². The molecule has 0 aliphatic carbocycles. The molecule has 0 radical (unpaired) electrons. The van der Waals surface area contributed by atoms with Crippen molar-refractivity contribution in [2.75, 3.05) is 5.73 Å². The molecule has 0 amide bonds. The highest BCUT2D eigenvalue weighted by atomic mass is 79.9. The Morgan fingerprint density at radius 2 is 2.33 bits per heavy atom. The van der Waals surface area contributed by atoms with Crippen LogP contribution < -0.4 is 5.73 Å². The number of Topliss-reactive ketones (excluding diaryl/α,β-unsaturated/α-hetero) is 1. The zero-order chi connectivity index (χ0) is 10.8. The van der Waals surface area contributed by atoms with Gasteiger partial charge in [0.25, 0.3) is 0 Å². The van der Waals surface area contributed by atoms with Crippen LogP contribution in [-0.4, -0.2) is 10.8 Å². The molecule has 2 N–H and O–H groups in total. The van der Waals surface area contributed by atoms with Crippen LogP contribution >= 0.6 is 38.6 Å². The average molecular weight is 303 g/mol. The standard InChI is InChI=1S/C9H7BrN2OS2/c10-6-1-2-14-8(6)7(13)3-5-4-15-9(11)12-5/h1-2,4H,3H2,(H2,11,12). The second-order valence-corrected chi connectivity index (χ2v) is 5.53. The molecule has 6 heteroatoms. The van der Waals surface area contributed by atoms with Crippen LogP contribution in [0.15, 0.2) is 21.3 Å². The molecule has 0 saturated carbocycles. The maximum atomic E-state index is 11.8. The van der Waals surface area contributed by atoms with Crippen molar-refractivity contribution in [3.8, 4) is 0 Å². The van der Waals surface area contributed by atoms with Gasteiger partial charge >= 0.3 is 0 Å². The number of anilines is 1. The Morgan fingerprint density at radius 1 is 1.53 bits per heavy atom. The van der Waals surface area contributed by atoms with E-state index in [9.17, 15) is 4.79 Å². The van der Waals surface area contributed by atoms with E-state index in [1.54, 1.807) is 0 Å². The molecule has 2 aromatic rings. The molecular formula is C9H7BrN2OS2. The summed E-state index contributed by atoms with van der Waals surface area (Å²) in [6, 6.07) is 1.87. The Balaban J connectivity index is 2.14. The second-order valence-electron chi connectivity index (χ2n) is 2.87. The first-order chi connectivity index (χ1) is 7.16. The number of halogens is 1. The van der Waals surface area contributed by atoms with E-state index in [1.807, 2.05) is 16.8 Å². The molecule has 0 saturated heterocycles. The van der Waals surface area contributed by atoms with Gasteiger partial charge in [0.2, 0.25) is 0 Å². The molecule has 0 bridgehead atoms. The largest absolute Gasteiger partial charge is 0.375 e. The van der Waals surface area contributed by atoms with Crippen molar-refractivity contribution in [1.82, 2.24) is 4.98 Å². The van der Waals surface area contributed by atoms with Crippen molar-refractivity contribution in [1.29, 1.82) is 0 Å². The molecular weight excluding hydrogens is 296 g/mol. The van der Waals surface area contributed by atoms with Crippen molar-refractivity contribution in [2.24, 2.45) is 0 Å². The van der Waals surface area contributed by atoms with E-state index in [-0.39, 0.29) is 5.78 Å². The lowest BCUT2D eigenvalue weighted by molar-refractivity contribution is 0.0995. The van der Waals surface area contributed by atoms with Crippen LogP contribution in [0.1, 0.15) is 15.4 Å². The van der Waals surface area contributed by atoms with Crippen LogP contribution in [0.2, 0.25) is 0 Å². The van der Waals surface area contributed by atoms with Gasteiger partial charge in [0, 0.05) is 9.85 Å². The highest BCUT2D eigenvalue weighted by Crippen LogP contribution is 2.24. The Kier molecular flexibility index (Phi) is 3.18. The minimum Gasteiger partial charge on any atom is -0.375 e. The third kappa shape index (κ3) is 2.45. The number of aromatic nitrogens is 1. The Hall–Kier alpha value is -0.720. The fourth-order valence-electron chi connectivity index (χ4n) is 1.14. The first kappa shape index (κ1) is 10.8. The molecule has 2 heterocycles. The molecule has 2 aromatic heterocycles. The first-order valence-electron chi connectivity index (χ1n) is 4.13. The summed E-state index contributed by atoms with van der Waals surface area (Å²) in [6.07, 6.45) is 0.312. The number of thiazole rings is 1. The van der Waals surface area contributed by atoms with Gasteiger partial charge in [0.15, 0.2) is 10.9 Å². The molecule has 0 aliphatic rings. The van der Waals surface area contributed by atoms with Crippen LogP contribution in [0.4, 0.5) is 5.13 Å². The predicted octanol–water partition coefficient (Wildman–Crippen LogP) is 2.97. The van der Waals surface area contributed by atoms with Crippen LogP contribution in [-0.2, 0) is 6.42 Å². The van der Waals surface area contributed by atoms with Gasteiger partial charge in [-0.05, 0) is 27.4 Å². The third-order valence-corrected chi connectivity index (χ3v) is 4.38. The number of carbonyl (C=O) groups excluding carboxylic acids is 1. The molecule has 78 valence electrons. The van der Waals surface area contributed by atoms with Crippen molar-refractivity contribution in [3.05, 3.63) is 31.9 Å². The third-order valence-electron chi connectivity index (χ3n) is 1.78. The summed E-state index contributed by atoms with van der Waals surface area (Å²) in [7, 11) is 0. The maximum Gasteiger partial charge on any atom is 0.180 e. The van der Waals surface area contributed by atoms with Crippen LogP contribution in [0, 0.1) is 0 Å². The van der Waals surface area contributed by atoms with Crippen LogP contribution in [0.25, 0.3) is 0 Å². The van der Waals surface area contributed by atoms with Crippen LogP contribution in [0.3, 0.4) is 0 Å². The van der Waals surface area contributed by atoms with Gasteiger partial charge in [-0.15, -0.1) is 22.7 Å². The number of ketones is 1. The molecule has 2 rings (SSSR count). The van der Waals surface area contributed by atoms with Gasteiger partial charge in [0.1, 0.15) is 0 Å². The fraction of sp³-hybridized carbons (Fsp3) is 0.111. The number of nitrogens with zero attached hydrogens (tertiary/aromatic N) is 1. The topological polar surface area (TPSA) is 56.0 Å². The number of thiophene rings is 1. The van der Waals surface area contributed by atoms with E-state index in [1.165, 1.54) is 22.7 Å². The number of nitrogens with two attached hydrogens (primary N) is 1. The number of rotatable bonds is 3. The molecule has 15 heavy (non-hydrogen) atoms. The minimum atomic E-state index is 0.0715. The van der Waals surface area contributed by atoms with Gasteiger partial charge < -0.3 is 5.73 Å². The smallest absolute Gasteiger partial charge is 0.180 e. The molecule has 0 unspecified atom stereocenters. The minimum absolute atomic E-state index is 0.0715. The van der Waals surface area contributed by atoms with Gasteiger partial charge in [-0.2, -0.15) is 0 Å². The van der Waals surface area contributed by atoms with Crippen molar-refractivity contribution < 1.29 is 4.79 Å². The molecule has 0 atom stereocenters. The van der Waals surface area contributed by atoms with E-state index >= 15 is 0 Å². The summed E-state index contributed by atoms with van der Waals surface area (Å²) >= 11 is 6.12. The number of hydrogen-bond donors (Lipinski definition) is 1. The van der Waals surface area contributed by atoms with Crippen molar-refractivity contribution in [3.63, 3.8) is 0 Å². The van der Waals surface area contributed by atoms with E-state index in [4.69, 9.17) is 5.73 Å². The zero-order valence-electron chi connectivity index (χ0n) is 7.57. The lowest BCUT2D eigenvalue weighted by Gasteiger charge is -1.95. The Labute approximate surface area is 103 Å². The van der Waals surface area contributed by atoms with Crippen molar-refractivity contribution >= 4 is 49.5 Å². The number of carbonyl (C=O) groups is 1. The SMILES string of the molecule is Nc1nc(CC(=O)c2sccc2Br)cs1. The van der Waals surface area contributed by atoms with E-state index in [0.29, 0.717) is 11.6 Å². The quantitative estimate of drug-likeness (QED) is 0.887. The highest BCUT2D eigenvalue weighted by molar-refractivity contribution is 9.10. The second kappa shape index (κ2) is 4.42. The van der Waals surface area contributed by atoms with Crippen molar-refractivity contribution in [2.45, 2.75) is 6.42 Å². The first-order valence-corrected chi connectivity index (χ1v) is 6.68. The van der Waals surface area contributed by atoms with Gasteiger partial charge in [-0.1, -0.05) is 0 Å². The van der Waals surface area contributed by atoms with E-state index in [0.717, 1.165) is 15.0 Å². The molecule has 0 aromatic carbocycles. The average Bonchev–Trinajstić information content (AvgIpc) is 2.75. The van der Waals surface area contributed by atoms with E-state index < -0.39 is 0 Å². The number of nitrogen functional groups attached to an aromatic ring is 1. The molecule has 3 nitrogen and oxygen atoms in total. The monoisotopic (exact) mass is 302 g/mol. The van der Waals surface area contributed by atoms with Gasteiger partial charge in [-0.25, -0.2) is 4.98 Å². The lowest BCUT2D eigenvalue weighted by Crippen LogP contribution is -2.02. The summed E-state index contributed by atoms with van der Waals surface area (Å²) in [4.78, 5) is 16.6. The van der Waals surface area contributed by atoms with Gasteiger partial charge in [0.05, 0.1) is 17.0 Å². The van der Waals surface area contributed by atoms with E-state index in [2.05, 4.69) is 20.9 Å².